The van der Waals surface area contributed by atoms with E-state index in [0.29, 0.717) is 12.1 Å². The van der Waals surface area contributed by atoms with Crippen LogP contribution < -0.4 is 10.1 Å². The van der Waals surface area contributed by atoms with Crippen molar-refractivity contribution in [1.29, 1.82) is 0 Å². The van der Waals surface area contributed by atoms with Crippen molar-refractivity contribution >= 4 is 21.8 Å². The van der Waals surface area contributed by atoms with E-state index in [0.717, 1.165) is 27.2 Å². The summed E-state index contributed by atoms with van der Waals surface area (Å²) in [4.78, 5) is 20.7. The third-order valence-electron chi connectivity index (χ3n) is 3.65. The van der Waals surface area contributed by atoms with Crippen LogP contribution in [0.2, 0.25) is 0 Å². The molecule has 0 fully saturated rings. The number of rotatable bonds is 5. The van der Waals surface area contributed by atoms with E-state index in [-0.39, 0.29) is 5.91 Å². The Kier molecular flexibility index (Phi) is 5.40. The van der Waals surface area contributed by atoms with Gasteiger partial charge in [-0.05, 0) is 54.6 Å². The van der Waals surface area contributed by atoms with Crippen LogP contribution in [0, 0.1) is 0 Å². The minimum atomic E-state index is -0.142. The van der Waals surface area contributed by atoms with E-state index < -0.39 is 0 Å². The van der Waals surface area contributed by atoms with Crippen LogP contribution in [0.1, 0.15) is 16.1 Å². The summed E-state index contributed by atoms with van der Waals surface area (Å²) >= 11 is 3.35. The Morgan fingerprint density at radius 1 is 1.08 bits per heavy atom. The van der Waals surface area contributed by atoms with Crippen LogP contribution in [0.25, 0.3) is 11.3 Å². The van der Waals surface area contributed by atoms with Gasteiger partial charge < -0.3 is 10.1 Å². The summed E-state index contributed by atoms with van der Waals surface area (Å²) in [5, 5.41) is 2.87. The fourth-order valence-electron chi connectivity index (χ4n) is 2.29. The molecule has 1 amide bonds. The van der Waals surface area contributed by atoms with Crippen LogP contribution in [-0.2, 0) is 6.54 Å². The number of amides is 1. The van der Waals surface area contributed by atoms with E-state index in [4.69, 9.17) is 4.74 Å². The van der Waals surface area contributed by atoms with E-state index in [1.165, 1.54) is 6.33 Å². The van der Waals surface area contributed by atoms with Gasteiger partial charge in [-0.1, -0.05) is 15.9 Å². The highest BCUT2D eigenvalue weighted by Gasteiger charge is 2.07. The van der Waals surface area contributed by atoms with Gasteiger partial charge in [-0.15, -0.1) is 0 Å². The molecule has 0 aliphatic heterocycles. The molecule has 126 valence electrons. The fraction of sp³-hybridized carbons (Fsp3) is 0.105. The van der Waals surface area contributed by atoms with Crippen molar-refractivity contribution in [3.63, 3.8) is 0 Å². The first-order chi connectivity index (χ1) is 12.2. The van der Waals surface area contributed by atoms with Gasteiger partial charge in [0.15, 0.2) is 0 Å². The molecule has 0 saturated heterocycles. The van der Waals surface area contributed by atoms with Crippen LogP contribution in [0.3, 0.4) is 0 Å². The smallest absolute Gasteiger partial charge is 0.251 e. The first-order valence-electron chi connectivity index (χ1n) is 7.65. The summed E-state index contributed by atoms with van der Waals surface area (Å²) in [5.74, 6) is 0.650. The number of nitrogens with zero attached hydrogens (tertiary/aromatic N) is 2. The van der Waals surface area contributed by atoms with E-state index in [9.17, 15) is 4.79 Å². The molecule has 0 saturated carbocycles. The number of ether oxygens (including phenoxy) is 1. The summed E-state index contributed by atoms with van der Waals surface area (Å²) in [6.45, 7) is 0.334. The highest BCUT2D eigenvalue weighted by Crippen LogP contribution is 2.20. The van der Waals surface area contributed by atoms with Crippen molar-refractivity contribution in [2.24, 2.45) is 0 Å². The van der Waals surface area contributed by atoms with Gasteiger partial charge in [-0.3, -0.25) is 4.79 Å². The molecule has 2 aromatic carbocycles. The normalized spacial score (nSPS) is 10.3. The summed E-state index contributed by atoms with van der Waals surface area (Å²) in [5.41, 5.74) is 3.10. The number of hydrogen-bond donors (Lipinski definition) is 1. The van der Waals surface area contributed by atoms with Crippen LogP contribution in [0.4, 0.5) is 0 Å². The first-order valence-corrected chi connectivity index (χ1v) is 8.44. The molecule has 0 spiro atoms. The maximum Gasteiger partial charge on any atom is 0.251 e. The maximum absolute atomic E-state index is 12.2. The van der Waals surface area contributed by atoms with Crippen LogP contribution >= 0.6 is 15.9 Å². The molecule has 0 bridgehead atoms. The van der Waals surface area contributed by atoms with E-state index >= 15 is 0 Å². The third kappa shape index (κ3) is 4.42. The molecular formula is C19H16BrN3O2. The number of aromatic nitrogens is 2. The van der Waals surface area contributed by atoms with Crippen molar-refractivity contribution in [1.82, 2.24) is 15.3 Å². The summed E-state index contributed by atoms with van der Waals surface area (Å²) in [7, 11) is 1.63. The molecule has 6 heteroatoms. The van der Waals surface area contributed by atoms with Gasteiger partial charge >= 0.3 is 0 Å². The van der Waals surface area contributed by atoms with Crippen LogP contribution in [0.15, 0.2) is 65.4 Å². The Morgan fingerprint density at radius 2 is 1.80 bits per heavy atom. The SMILES string of the molecule is COc1ccc(-c2cc(CNC(=O)c3ccc(Br)cc3)ncn2)cc1. The maximum atomic E-state index is 12.2. The molecule has 1 N–H and O–H groups in total. The topological polar surface area (TPSA) is 64.1 Å². The van der Waals surface area contributed by atoms with E-state index in [2.05, 4.69) is 31.2 Å². The zero-order valence-electron chi connectivity index (χ0n) is 13.6. The average molecular weight is 398 g/mol. The van der Waals surface area contributed by atoms with Gasteiger partial charge in [0, 0.05) is 15.6 Å². The Bertz CT molecular complexity index is 865. The number of methoxy groups -OCH3 is 1. The number of carbonyl (C=O) groups is 1. The largest absolute Gasteiger partial charge is 0.497 e. The summed E-state index contributed by atoms with van der Waals surface area (Å²) < 4.78 is 6.09. The molecule has 0 aliphatic rings. The average Bonchev–Trinajstić information content (AvgIpc) is 2.67. The highest BCUT2D eigenvalue weighted by atomic mass is 79.9. The summed E-state index contributed by atoms with van der Waals surface area (Å²) in [6.07, 6.45) is 1.50. The predicted molar refractivity (Wildman–Crippen MR) is 99.3 cm³/mol. The number of benzene rings is 2. The molecule has 0 radical (unpaired) electrons. The number of carbonyl (C=O) groups excluding carboxylic acids is 1. The van der Waals surface area contributed by atoms with Crippen molar-refractivity contribution < 1.29 is 9.53 Å². The number of hydrogen-bond acceptors (Lipinski definition) is 4. The Balaban J connectivity index is 1.69. The lowest BCUT2D eigenvalue weighted by Gasteiger charge is -2.07. The fourth-order valence-corrected chi connectivity index (χ4v) is 2.55. The molecule has 5 nitrogen and oxygen atoms in total. The zero-order chi connectivity index (χ0) is 17.6. The quantitative estimate of drug-likeness (QED) is 0.709. The molecule has 1 heterocycles. The second-order valence-corrected chi connectivity index (χ2v) is 6.23. The molecule has 3 aromatic rings. The second kappa shape index (κ2) is 7.90. The van der Waals surface area contributed by atoms with Crippen molar-refractivity contribution in [2.75, 3.05) is 7.11 Å². The van der Waals surface area contributed by atoms with Crippen molar-refractivity contribution in [3.8, 4) is 17.0 Å². The van der Waals surface area contributed by atoms with E-state index in [1.54, 1.807) is 19.2 Å². The lowest BCUT2D eigenvalue weighted by Crippen LogP contribution is -2.23. The molecule has 0 atom stereocenters. The molecule has 1 aromatic heterocycles. The lowest BCUT2D eigenvalue weighted by molar-refractivity contribution is 0.0950. The monoisotopic (exact) mass is 397 g/mol. The van der Waals surface area contributed by atoms with Gasteiger partial charge in [0.1, 0.15) is 12.1 Å². The first kappa shape index (κ1) is 17.1. The lowest BCUT2D eigenvalue weighted by atomic mass is 10.1. The van der Waals surface area contributed by atoms with Gasteiger partial charge in [-0.2, -0.15) is 0 Å². The minimum absolute atomic E-state index is 0.142. The van der Waals surface area contributed by atoms with E-state index in [1.807, 2.05) is 42.5 Å². The zero-order valence-corrected chi connectivity index (χ0v) is 15.2. The Labute approximate surface area is 154 Å². The number of halogens is 1. The highest BCUT2D eigenvalue weighted by molar-refractivity contribution is 9.10. The van der Waals surface area contributed by atoms with Crippen LogP contribution in [-0.4, -0.2) is 23.0 Å². The van der Waals surface area contributed by atoms with Crippen LogP contribution in [0.5, 0.6) is 5.75 Å². The third-order valence-corrected chi connectivity index (χ3v) is 4.17. The molecule has 25 heavy (non-hydrogen) atoms. The molecule has 0 unspecified atom stereocenters. The molecule has 0 aliphatic carbocycles. The molecule has 3 rings (SSSR count). The predicted octanol–water partition coefficient (Wildman–Crippen LogP) is 3.84. The Morgan fingerprint density at radius 3 is 2.48 bits per heavy atom. The number of nitrogens with one attached hydrogen (secondary N) is 1. The summed E-state index contributed by atoms with van der Waals surface area (Å²) in [6, 6.07) is 16.7. The van der Waals surface area contributed by atoms with Crippen molar-refractivity contribution in [2.45, 2.75) is 6.54 Å². The van der Waals surface area contributed by atoms with Gasteiger partial charge in [0.2, 0.25) is 0 Å². The molecular weight excluding hydrogens is 382 g/mol. The standard InChI is InChI=1S/C19H16BrN3O2/c1-25-17-8-4-13(5-9-17)18-10-16(22-12-23-18)11-21-19(24)14-2-6-15(20)7-3-14/h2-10,12H,11H2,1H3,(H,21,24). The van der Waals surface area contributed by atoms with Gasteiger partial charge in [-0.25, -0.2) is 9.97 Å². The van der Waals surface area contributed by atoms with Gasteiger partial charge in [0.05, 0.1) is 25.0 Å². The second-order valence-electron chi connectivity index (χ2n) is 5.31. The van der Waals surface area contributed by atoms with Gasteiger partial charge in [0.25, 0.3) is 5.91 Å². The Hall–Kier alpha value is -2.73. The van der Waals surface area contributed by atoms with Crippen molar-refractivity contribution in [3.05, 3.63) is 76.7 Å². The minimum Gasteiger partial charge on any atom is -0.497 e.